The number of halogens is 1. The number of hydrogen-bond acceptors (Lipinski definition) is 4. The highest BCUT2D eigenvalue weighted by molar-refractivity contribution is 5.97. The Morgan fingerprint density at radius 1 is 1.43 bits per heavy atom. The van der Waals surface area contributed by atoms with E-state index < -0.39 is 22.3 Å². The molecule has 0 fully saturated rings. The van der Waals surface area contributed by atoms with Crippen LogP contribution >= 0.6 is 0 Å². The van der Waals surface area contributed by atoms with Gasteiger partial charge in [0.25, 0.3) is 5.91 Å². The summed E-state index contributed by atoms with van der Waals surface area (Å²) >= 11 is 0. The summed E-state index contributed by atoms with van der Waals surface area (Å²) in [5, 5.41) is 13.1. The first-order valence-corrected chi connectivity index (χ1v) is 6.34. The van der Waals surface area contributed by atoms with E-state index in [1.54, 1.807) is 0 Å². The lowest BCUT2D eigenvalue weighted by Crippen LogP contribution is -2.40. The Kier molecular flexibility index (Phi) is 5.77. The Balaban J connectivity index is 3.06. The van der Waals surface area contributed by atoms with E-state index in [2.05, 4.69) is 5.32 Å². The van der Waals surface area contributed by atoms with E-state index in [1.807, 2.05) is 6.92 Å². The highest BCUT2D eigenvalue weighted by Crippen LogP contribution is 2.19. The van der Waals surface area contributed by atoms with Gasteiger partial charge < -0.3 is 10.2 Å². The van der Waals surface area contributed by atoms with Gasteiger partial charge >= 0.3 is 5.69 Å². The van der Waals surface area contributed by atoms with Crippen LogP contribution in [0.3, 0.4) is 0 Å². The van der Waals surface area contributed by atoms with Crippen LogP contribution < -0.4 is 5.32 Å². The summed E-state index contributed by atoms with van der Waals surface area (Å²) < 4.78 is 13.3. The first-order chi connectivity index (χ1) is 9.90. The Labute approximate surface area is 120 Å². The third-order valence-corrected chi connectivity index (χ3v) is 2.78. The Bertz CT molecular complexity index is 562. The number of nitro benzene ring substituents is 1. The van der Waals surface area contributed by atoms with Crippen LogP contribution in [0.25, 0.3) is 0 Å². The number of carbonyl (C=O) groups is 2. The number of amides is 2. The first kappa shape index (κ1) is 16.5. The third kappa shape index (κ3) is 4.23. The molecular formula is C13H16FN3O4. The monoisotopic (exact) mass is 297 g/mol. The van der Waals surface area contributed by atoms with Crippen molar-refractivity contribution in [3.05, 3.63) is 39.7 Å². The summed E-state index contributed by atoms with van der Waals surface area (Å²) in [6.45, 7) is 1.99. The van der Waals surface area contributed by atoms with Crippen LogP contribution in [0, 0.1) is 15.9 Å². The first-order valence-electron chi connectivity index (χ1n) is 6.34. The normalized spacial score (nSPS) is 10.0. The van der Waals surface area contributed by atoms with E-state index >= 15 is 0 Å². The summed E-state index contributed by atoms with van der Waals surface area (Å²) in [7, 11) is 1.44. The molecule has 8 heteroatoms. The lowest BCUT2D eigenvalue weighted by molar-refractivity contribution is -0.387. The van der Waals surface area contributed by atoms with Gasteiger partial charge in [-0.15, -0.1) is 0 Å². The van der Waals surface area contributed by atoms with Gasteiger partial charge in [-0.1, -0.05) is 6.92 Å². The van der Waals surface area contributed by atoms with Gasteiger partial charge in [-0.3, -0.25) is 19.7 Å². The van der Waals surface area contributed by atoms with Crippen molar-refractivity contribution in [2.24, 2.45) is 0 Å². The van der Waals surface area contributed by atoms with Gasteiger partial charge in [-0.05, 0) is 18.6 Å². The standard InChI is InChI=1S/C13H16FN3O4/c1-3-6-16(8-12(18)15-2)13(19)9-4-5-10(14)11(7-9)17(20)21/h4-5,7H,3,6,8H2,1-2H3,(H,15,18). The molecule has 0 bridgehead atoms. The number of carbonyl (C=O) groups excluding carboxylic acids is 2. The zero-order chi connectivity index (χ0) is 16.0. The molecule has 0 aliphatic rings. The SMILES string of the molecule is CCCN(CC(=O)NC)C(=O)c1ccc(F)c([N+](=O)[O-])c1. The van der Waals surface area contributed by atoms with Crippen molar-refractivity contribution < 1.29 is 18.9 Å². The fraction of sp³-hybridized carbons (Fsp3) is 0.385. The van der Waals surface area contributed by atoms with Crippen molar-refractivity contribution in [3.8, 4) is 0 Å². The van der Waals surface area contributed by atoms with Crippen LogP contribution in [-0.2, 0) is 4.79 Å². The van der Waals surface area contributed by atoms with E-state index in [-0.39, 0.29) is 18.0 Å². The largest absolute Gasteiger partial charge is 0.358 e. The molecule has 21 heavy (non-hydrogen) atoms. The number of likely N-dealkylation sites (N-methyl/N-ethyl adjacent to an activating group) is 1. The summed E-state index contributed by atoms with van der Waals surface area (Å²) in [5.74, 6) is -1.91. The van der Waals surface area contributed by atoms with Crippen LogP contribution in [0.15, 0.2) is 18.2 Å². The molecular weight excluding hydrogens is 281 g/mol. The van der Waals surface area contributed by atoms with Crippen molar-refractivity contribution >= 4 is 17.5 Å². The third-order valence-electron chi connectivity index (χ3n) is 2.78. The number of rotatable bonds is 6. The molecule has 0 saturated carbocycles. The minimum absolute atomic E-state index is 0.0274. The molecule has 2 amide bonds. The molecule has 0 aliphatic carbocycles. The summed E-state index contributed by atoms with van der Waals surface area (Å²) in [4.78, 5) is 34.7. The molecule has 1 aromatic rings. The molecule has 0 radical (unpaired) electrons. The molecule has 0 heterocycles. The smallest absolute Gasteiger partial charge is 0.305 e. The number of nitrogens with zero attached hydrogens (tertiary/aromatic N) is 2. The minimum Gasteiger partial charge on any atom is -0.358 e. The van der Waals surface area contributed by atoms with E-state index in [4.69, 9.17) is 0 Å². The molecule has 1 N–H and O–H groups in total. The maximum absolute atomic E-state index is 13.3. The molecule has 1 aromatic carbocycles. The molecule has 0 saturated heterocycles. The zero-order valence-corrected chi connectivity index (χ0v) is 11.8. The lowest BCUT2D eigenvalue weighted by atomic mass is 10.1. The van der Waals surface area contributed by atoms with E-state index in [9.17, 15) is 24.1 Å². The zero-order valence-electron chi connectivity index (χ0n) is 11.8. The van der Waals surface area contributed by atoms with Crippen molar-refractivity contribution in [2.75, 3.05) is 20.1 Å². The Hall–Kier alpha value is -2.51. The Morgan fingerprint density at radius 3 is 2.62 bits per heavy atom. The highest BCUT2D eigenvalue weighted by Gasteiger charge is 2.22. The molecule has 0 spiro atoms. The second kappa shape index (κ2) is 7.32. The van der Waals surface area contributed by atoms with Crippen LogP contribution in [0.4, 0.5) is 10.1 Å². The highest BCUT2D eigenvalue weighted by atomic mass is 19.1. The maximum Gasteiger partial charge on any atom is 0.305 e. The quantitative estimate of drug-likeness (QED) is 0.633. The van der Waals surface area contributed by atoms with Crippen molar-refractivity contribution in [1.82, 2.24) is 10.2 Å². The number of nitro groups is 1. The Morgan fingerprint density at radius 2 is 2.10 bits per heavy atom. The summed E-state index contributed by atoms with van der Waals surface area (Å²) in [5.41, 5.74) is -0.794. The summed E-state index contributed by atoms with van der Waals surface area (Å²) in [6.07, 6.45) is 0.617. The average Bonchev–Trinajstić information content (AvgIpc) is 2.46. The predicted octanol–water partition coefficient (Wildman–Crippen LogP) is 1.33. The fourth-order valence-corrected chi connectivity index (χ4v) is 1.74. The average molecular weight is 297 g/mol. The van der Waals surface area contributed by atoms with Gasteiger partial charge in [0.15, 0.2) is 0 Å². The van der Waals surface area contributed by atoms with Crippen molar-refractivity contribution in [3.63, 3.8) is 0 Å². The number of benzene rings is 1. The molecule has 0 unspecified atom stereocenters. The molecule has 7 nitrogen and oxygen atoms in total. The van der Waals surface area contributed by atoms with Gasteiger partial charge in [0, 0.05) is 25.2 Å². The fourth-order valence-electron chi connectivity index (χ4n) is 1.74. The van der Waals surface area contributed by atoms with E-state index in [0.29, 0.717) is 13.0 Å². The molecule has 1 rings (SSSR count). The molecule has 0 atom stereocenters. The van der Waals surface area contributed by atoms with Gasteiger partial charge in [-0.25, -0.2) is 0 Å². The predicted molar refractivity (Wildman–Crippen MR) is 73.3 cm³/mol. The second-order valence-corrected chi connectivity index (χ2v) is 4.32. The van der Waals surface area contributed by atoms with Gasteiger partial charge in [-0.2, -0.15) is 4.39 Å². The van der Waals surface area contributed by atoms with Crippen LogP contribution in [0.2, 0.25) is 0 Å². The van der Waals surface area contributed by atoms with E-state index in [0.717, 1.165) is 18.2 Å². The number of nitrogens with one attached hydrogen (secondary N) is 1. The van der Waals surface area contributed by atoms with Crippen molar-refractivity contribution in [2.45, 2.75) is 13.3 Å². The lowest BCUT2D eigenvalue weighted by Gasteiger charge is -2.21. The van der Waals surface area contributed by atoms with Gasteiger partial charge in [0.1, 0.15) is 0 Å². The van der Waals surface area contributed by atoms with Crippen LogP contribution in [0.5, 0.6) is 0 Å². The van der Waals surface area contributed by atoms with Crippen LogP contribution in [0.1, 0.15) is 23.7 Å². The maximum atomic E-state index is 13.3. The van der Waals surface area contributed by atoms with Gasteiger partial charge in [0.05, 0.1) is 11.5 Å². The number of hydrogen-bond donors (Lipinski definition) is 1. The second-order valence-electron chi connectivity index (χ2n) is 4.32. The molecule has 114 valence electrons. The van der Waals surface area contributed by atoms with Crippen molar-refractivity contribution in [1.29, 1.82) is 0 Å². The minimum atomic E-state index is -1.01. The molecule has 0 aliphatic heterocycles. The van der Waals surface area contributed by atoms with Gasteiger partial charge in [0.2, 0.25) is 11.7 Å². The summed E-state index contributed by atoms with van der Waals surface area (Å²) in [6, 6.07) is 2.91. The van der Waals surface area contributed by atoms with Crippen LogP contribution in [-0.4, -0.2) is 41.8 Å². The van der Waals surface area contributed by atoms with E-state index in [1.165, 1.54) is 11.9 Å². The topological polar surface area (TPSA) is 92.6 Å². The molecule has 0 aromatic heterocycles.